The van der Waals surface area contributed by atoms with E-state index in [4.69, 9.17) is 5.11 Å². The van der Waals surface area contributed by atoms with E-state index in [1.54, 1.807) is 11.1 Å². The lowest BCUT2D eigenvalue weighted by Crippen LogP contribution is -2.51. The molecular formula is C10H15N5O3. The van der Waals surface area contributed by atoms with E-state index in [9.17, 15) is 9.59 Å². The topological polar surface area (TPSA) is 102 Å². The molecule has 0 saturated carbocycles. The molecule has 0 radical (unpaired) electrons. The summed E-state index contributed by atoms with van der Waals surface area (Å²) >= 11 is 0. The Balaban J connectivity index is 1.79. The molecule has 8 heteroatoms. The third kappa shape index (κ3) is 3.20. The van der Waals surface area contributed by atoms with Crippen LogP contribution in [0.5, 0.6) is 0 Å². The lowest BCUT2D eigenvalue weighted by molar-refractivity contribution is -0.138. The first kappa shape index (κ1) is 12.4. The van der Waals surface area contributed by atoms with Crippen molar-refractivity contribution in [1.29, 1.82) is 0 Å². The Labute approximate surface area is 104 Å². The Morgan fingerprint density at radius 1 is 1.39 bits per heavy atom. The third-order valence-corrected chi connectivity index (χ3v) is 2.77. The Bertz CT molecular complexity index is 411. The number of piperazine rings is 1. The number of urea groups is 1. The maximum absolute atomic E-state index is 11.8. The first-order chi connectivity index (χ1) is 8.65. The van der Waals surface area contributed by atoms with Crippen LogP contribution in [0.4, 0.5) is 10.5 Å². The van der Waals surface area contributed by atoms with Crippen molar-refractivity contribution < 1.29 is 14.7 Å². The quantitative estimate of drug-likeness (QED) is 0.683. The number of carboxylic acids is 1. The minimum atomic E-state index is -0.841. The van der Waals surface area contributed by atoms with Gasteiger partial charge in [-0.1, -0.05) is 0 Å². The van der Waals surface area contributed by atoms with Crippen molar-refractivity contribution in [2.45, 2.75) is 0 Å². The highest BCUT2D eigenvalue weighted by atomic mass is 16.4. The van der Waals surface area contributed by atoms with Crippen LogP contribution in [-0.4, -0.2) is 69.8 Å². The number of aromatic nitrogens is 2. The molecular weight excluding hydrogens is 238 g/mol. The summed E-state index contributed by atoms with van der Waals surface area (Å²) in [6.45, 7) is 2.22. The second kappa shape index (κ2) is 5.50. The Hall–Kier alpha value is -2.09. The smallest absolute Gasteiger partial charge is 0.322 e. The molecule has 0 aromatic carbocycles. The monoisotopic (exact) mass is 253 g/mol. The molecule has 1 saturated heterocycles. The van der Waals surface area contributed by atoms with Crippen molar-refractivity contribution in [3.05, 3.63) is 12.4 Å². The summed E-state index contributed by atoms with van der Waals surface area (Å²) in [6, 6.07) is -0.189. The predicted octanol–water partition coefficient (Wildman–Crippen LogP) is -0.356. The van der Waals surface area contributed by atoms with Gasteiger partial charge in [-0.3, -0.25) is 14.8 Å². The summed E-state index contributed by atoms with van der Waals surface area (Å²) in [5, 5.41) is 17.7. The molecule has 1 aromatic heterocycles. The maximum atomic E-state index is 11.8. The number of carbonyl (C=O) groups is 2. The minimum absolute atomic E-state index is 0.0250. The van der Waals surface area contributed by atoms with Gasteiger partial charge in [0, 0.05) is 32.4 Å². The van der Waals surface area contributed by atoms with Gasteiger partial charge in [0.15, 0.2) is 0 Å². The van der Waals surface area contributed by atoms with E-state index in [2.05, 4.69) is 15.5 Å². The van der Waals surface area contributed by atoms with Crippen molar-refractivity contribution in [3.63, 3.8) is 0 Å². The molecule has 2 rings (SSSR count). The SMILES string of the molecule is O=C(O)CN1CCN(C(=O)Nc2cn[nH]c2)CC1. The average Bonchev–Trinajstić information content (AvgIpc) is 2.82. The molecule has 98 valence electrons. The van der Waals surface area contributed by atoms with Gasteiger partial charge in [0.25, 0.3) is 0 Å². The summed E-state index contributed by atoms with van der Waals surface area (Å²) in [5.41, 5.74) is 0.618. The summed E-state index contributed by atoms with van der Waals surface area (Å²) in [7, 11) is 0. The van der Waals surface area contributed by atoms with Gasteiger partial charge in [0.1, 0.15) is 0 Å². The number of nitrogens with one attached hydrogen (secondary N) is 2. The molecule has 3 N–H and O–H groups in total. The number of hydrogen-bond acceptors (Lipinski definition) is 4. The van der Waals surface area contributed by atoms with Crippen LogP contribution in [0, 0.1) is 0 Å². The molecule has 8 nitrogen and oxygen atoms in total. The number of aliphatic carboxylic acids is 1. The van der Waals surface area contributed by atoms with E-state index in [1.165, 1.54) is 6.20 Å². The maximum Gasteiger partial charge on any atom is 0.322 e. The Morgan fingerprint density at radius 3 is 2.67 bits per heavy atom. The lowest BCUT2D eigenvalue weighted by atomic mass is 10.3. The molecule has 1 aromatic rings. The molecule has 0 aliphatic carbocycles. The van der Waals surface area contributed by atoms with Gasteiger partial charge in [-0.15, -0.1) is 0 Å². The zero-order valence-electron chi connectivity index (χ0n) is 9.80. The fourth-order valence-electron chi connectivity index (χ4n) is 1.82. The van der Waals surface area contributed by atoms with Crippen molar-refractivity contribution >= 4 is 17.7 Å². The first-order valence-corrected chi connectivity index (χ1v) is 5.64. The van der Waals surface area contributed by atoms with Crippen LogP contribution in [0.15, 0.2) is 12.4 Å². The lowest BCUT2D eigenvalue weighted by Gasteiger charge is -2.33. The first-order valence-electron chi connectivity index (χ1n) is 5.64. The van der Waals surface area contributed by atoms with Gasteiger partial charge in [-0.2, -0.15) is 5.10 Å². The molecule has 0 bridgehead atoms. The van der Waals surface area contributed by atoms with Gasteiger partial charge in [0.2, 0.25) is 0 Å². The summed E-state index contributed by atoms with van der Waals surface area (Å²) in [4.78, 5) is 25.8. The van der Waals surface area contributed by atoms with Crippen LogP contribution in [0.25, 0.3) is 0 Å². The molecule has 0 unspecified atom stereocenters. The normalized spacial score (nSPS) is 16.6. The predicted molar refractivity (Wildman–Crippen MR) is 63.3 cm³/mol. The van der Waals surface area contributed by atoms with Crippen molar-refractivity contribution in [3.8, 4) is 0 Å². The van der Waals surface area contributed by atoms with E-state index in [1.807, 2.05) is 4.90 Å². The zero-order chi connectivity index (χ0) is 13.0. The number of carbonyl (C=O) groups excluding carboxylic acids is 1. The van der Waals surface area contributed by atoms with Crippen LogP contribution in [-0.2, 0) is 4.79 Å². The number of H-pyrrole nitrogens is 1. The second-order valence-corrected chi connectivity index (χ2v) is 4.07. The minimum Gasteiger partial charge on any atom is -0.480 e. The fraction of sp³-hybridized carbons (Fsp3) is 0.500. The standard InChI is InChI=1S/C10H15N5O3/c16-9(17)7-14-1-3-15(4-2-14)10(18)13-8-5-11-12-6-8/h5-6H,1-4,7H2,(H,11,12)(H,13,18)(H,16,17). The number of nitrogens with zero attached hydrogens (tertiary/aromatic N) is 3. The Morgan fingerprint density at radius 2 is 2.11 bits per heavy atom. The number of anilines is 1. The molecule has 1 aliphatic heterocycles. The number of rotatable bonds is 3. The zero-order valence-corrected chi connectivity index (χ0v) is 9.80. The van der Waals surface area contributed by atoms with Gasteiger partial charge >= 0.3 is 12.0 Å². The largest absolute Gasteiger partial charge is 0.480 e. The number of hydrogen-bond donors (Lipinski definition) is 3. The van der Waals surface area contributed by atoms with Gasteiger partial charge in [0.05, 0.1) is 18.4 Å². The highest BCUT2D eigenvalue weighted by Crippen LogP contribution is 2.06. The average molecular weight is 253 g/mol. The van der Waals surface area contributed by atoms with Crippen LogP contribution in [0.3, 0.4) is 0 Å². The summed E-state index contributed by atoms with van der Waals surface area (Å²) in [5.74, 6) is -0.841. The molecule has 0 atom stereocenters. The molecule has 1 fully saturated rings. The highest BCUT2D eigenvalue weighted by Gasteiger charge is 2.22. The van der Waals surface area contributed by atoms with Gasteiger partial charge in [-0.25, -0.2) is 4.79 Å². The van der Waals surface area contributed by atoms with Crippen molar-refractivity contribution in [2.24, 2.45) is 0 Å². The summed E-state index contributed by atoms with van der Waals surface area (Å²) < 4.78 is 0. The second-order valence-electron chi connectivity index (χ2n) is 4.07. The van der Waals surface area contributed by atoms with Crippen LogP contribution in [0.2, 0.25) is 0 Å². The summed E-state index contributed by atoms with van der Waals surface area (Å²) in [6.07, 6.45) is 3.12. The van der Waals surface area contributed by atoms with Crippen LogP contribution in [0.1, 0.15) is 0 Å². The number of amides is 2. The van der Waals surface area contributed by atoms with Crippen LogP contribution < -0.4 is 5.32 Å². The Kier molecular flexibility index (Phi) is 3.78. The molecule has 0 spiro atoms. The van der Waals surface area contributed by atoms with Crippen LogP contribution >= 0.6 is 0 Å². The van der Waals surface area contributed by atoms with Crippen molar-refractivity contribution in [1.82, 2.24) is 20.0 Å². The third-order valence-electron chi connectivity index (χ3n) is 2.77. The van der Waals surface area contributed by atoms with E-state index >= 15 is 0 Å². The van der Waals surface area contributed by atoms with Gasteiger partial charge < -0.3 is 15.3 Å². The molecule has 1 aliphatic rings. The van der Waals surface area contributed by atoms with E-state index in [0.29, 0.717) is 31.9 Å². The fourth-order valence-corrected chi connectivity index (χ4v) is 1.82. The molecule has 18 heavy (non-hydrogen) atoms. The molecule has 2 amide bonds. The molecule has 2 heterocycles. The van der Waals surface area contributed by atoms with Gasteiger partial charge in [-0.05, 0) is 0 Å². The van der Waals surface area contributed by atoms with E-state index in [0.717, 1.165) is 0 Å². The van der Waals surface area contributed by atoms with Crippen molar-refractivity contribution in [2.75, 3.05) is 38.0 Å². The van der Waals surface area contributed by atoms with E-state index in [-0.39, 0.29) is 12.6 Å². The van der Waals surface area contributed by atoms with E-state index < -0.39 is 5.97 Å². The highest BCUT2D eigenvalue weighted by molar-refractivity contribution is 5.89. The number of aromatic amines is 1. The number of carboxylic acid groups (broad SMARTS) is 1.